The highest BCUT2D eigenvalue weighted by Crippen LogP contribution is 2.65. The molecule has 0 radical (unpaired) electrons. The average molecular weight is 659 g/mol. The number of Topliss-reactive ketones (excluding diaryl/α,β-unsaturated/α-hetero) is 1. The zero-order valence-corrected chi connectivity index (χ0v) is 28.9. The zero-order valence-electron chi connectivity index (χ0n) is 28.9. The summed E-state index contributed by atoms with van der Waals surface area (Å²) >= 11 is 0. The lowest BCUT2D eigenvalue weighted by atomic mass is 9.83. The van der Waals surface area contributed by atoms with E-state index in [0.717, 1.165) is 44.9 Å². The van der Waals surface area contributed by atoms with Gasteiger partial charge in [0.15, 0.2) is 0 Å². The van der Waals surface area contributed by atoms with Crippen LogP contribution >= 0.6 is 0 Å². The second kappa shape index (κ2) is 14.4. The van der Waals surface area contributed by atoms with Gasteiger partial charge in [-0.1, -0.05) is 39.2 Å². The first-order chi connectivity index (χ1) is 22.0. The third-order valence-electron chi connectivity index (χ3n) is 10.3. The number of nitrogens with one attached hydrogen (secondary N) is 3. The Balaban J connectivity index is 1.46. The van der Waals surface area contributed by atoms with E-state index in [1.54, 1.807) is 31.7 Å². The van der Waals surface area contributed by atoms with Gasteiger partial charge in [0.2, 0.25) is 17.6 Å². The number of carbonyl (C=O) groups excluding carboxylic acids is 6. The first kappa shape index (κ1) is 36.4. The molecule has 4 rings (SSSR count). The van der Waals surface area contributed by atoms with E-state index in [0.29, 0.717) is 13.0 Å². The highest BCUT2D eigenvalue weighted by atomic mass is 16.6. The Kier molecular flexibility index (Phi) is 11.1. The minimum atomic E-state index is -1.15. The van der Waals surface area contributed by atoms with E-state index in [1.807, 2.05) is 6.92 Å². The molecule has 4 amide bonds. The van der Waals surface area contributed by atoms with Gasteiger partial charge in [-0.15, -0.1) is 6.58 Å². The molecular formula is C35H54N4O8. The molecule has 47 heavy (non-hydrogen) atoms. The maximum atomic E-state index is 14.3. The van der Waals surface area contributed by atoms with Crippen molar-refractivity contribution in [2.24, 2.45) is 23.2 Å². The van der Waals surface area contributed by atoms with Crippen LogP contribution in [0.15, 0.2) is 12.7 Å². The number of hydrogen-bond donors (Lipinski definition) is 3. The maximum Gasteiger partial charge on any atom is 0.408 e. The van der Waals surface area contributed by atoms with Crippen LogP contribution in [0, 0.1) is 23.2 Å². The third-order valence-corrected chi connectivity index (χ3v) is 10.3. The van der Waals surface area contributed by atoms with Gasteiger partial charge in [-0.05, 0) is 89.4 Å². The van der Waals surface area contributed by atoms with Gasteiger partial charge in [-0.25, -0.2) is 4.79 Å². The van der Waals surface area contributed by atoms with Crippen LogP contribution in [-0.4, -0.2) is 82.9 Å². The van der Waals surface area contributed by atoms with Crippen LogP contribution in [0.2, 0.25) is 0 Å². The van der Waals surface area contributed by atoms with E-state index >= 15 is 0 Å². The summed E-state index contributed by atoms with van der Waals surface area (Å²) in [6.45, 7) is 15.2. The van der Waals surface area contributed by atoms with E-state index in [-0.39, 0.29) is 48.5 Å². The number of carbonyl (C=O) groups is 6. The van der Waals surface area contributed by atoms with Crippen molar-refractivity contribution in [3.63, 3.8) is 0 Å². The summed E-state index contributed by atoms with van der Waals surface area (Å²) in [5.41, 5.74) is -1.37. The van der Waals surface area contributed by atoms with Crippen LogP contribution < -0.4 is 16.0 Å². The van der Waals surface area contributed by atoms with Crippen molar-refractivity contribution in [3.8, 4) is 0 Å². The van der Waals surface area contributed by atoms with Crippen molar-refractivity contribution in [3.05, 3.63) is 12.7 Å². The number of rotatable bonds is 14. The molecule has 0 spiro atoms. The van der Waals surface area contributed by atoms with Crippen molar-refractivity contribution in [2.45, 2.75) is 135 Å². The molecule has 4 fully saturated rings. The normalized spacial score (nSPS) is 25.3. The van der Waals surface area contributed by atoms with Crippen LogP contribution in [0.4, 0.5) is 4.79 Å². The molecule has 3 aliphatic carbocycles. The highest BCUT2D eigenvalue weighted by Gasteiger charge is 2.69. The predicted octanol–water partition coefficient (Wildman–Crippen LogP) is 3.57. The van der Waals surface area contributed by atoms with Gasteiger partial charge >= 0.3 is 12.1 Å². The fraction of sp³-hybridized carbons (Fsp3) is 0.771. The number of nitrogens with zero attached hydrogens (tertiary/aromatic N) is 1. The lowest BCUT2D eigenvalue weighted by Gasteiger charge is -2.37. The van der Waals surface area contributed by atoms with Crippen molar-refractivity contribution < 1.29 is 38.2 Å². The Bertz CT molecular complexity index is 1250. The molecule has 0 aromatic heterocycles. The van der Waals surface area contributed by atoms with E-state index in [4.69, 9.17) is 9.47 Å². The Morgan fingerprint density at radius 3 is 2.26 bits per heavy atom. The van der Waals surface area contributed by atoms with Gasteiger partial charge < -0.3 is 30.3 Å². The smallest absolute Gasteiger partial charge is 0.408 e. The topological polar surface area (TPSA) is 160 Å². The Morgan fingerprint density at radius 1 is 1.00 bits per heavy atom. The fourth-order valence-corrected chi connectivity index (χ4v) is 7.21. The molecular weight excluding hydrogens is 604 g/mol. The van der Waals surface area contributed by atoms with Crippen LogP contribution in [0.5, 0.6) is 0 Å². The SMILES string of the molecule is C=CCCC(NC(=O)[C@@H]1[C@@H]2[C@H](CN1C(=O)[C@@H](NC(=O)OC(C)(C)C)C1CCCCC1)C2(C)C)C(=O)C(=O)NCCC(=O)OC1(C)CC1. The summed E-state index contributed by atoms with van der Waals surface area (Å²) in [7, 11) is 0. The molecule has 0 bridgehead atoms. The number of amides is 4. The van der Waals surface area contributed by atoms with Gasteiger partial charge in [0.05, 0.1) is 12.5 Å². The number of likely N-dealkylation sites (tertiary alicyclic amines) is 1. The number of ether oxygens (including phenoxy) is 2. The Hall–Kier alpha value is -3.44. The van der Waals surface area contributed by atoms with Gasteiger partial charge in [-0.3, -0.25) is 24.0 Å². The fourth-order valence-electron chi connectivity index (χ4n) is 7.21. The molecule has 1 unspecified atom stereocenters. The van der Waals surface area contributed by atoms with Crippen LogP contribution in [-0.2, 0) is 33.4 Å². The maximum absolute atomic E-state index is 14.3. The quantitative estimate of drug-likeness (QED) is 0.145. The van der Waals surface area contributed by atoms with Gasteiger partial charge in [-0.2, -0.15) is 0 Å². The second-order valence-corrected chi connectivity index (χ2v) is 15.6. The van der Waals surface area contributed by atoms with Crippen LogP contribution in [0.3, 0.4) is 0 Å². The van der Waals surface area contributed by atoms with Gasteiger partial charge in [0.25, 0.3) is 5.91 Å². The molecule has 1 aliphatic heterocycles. The second-order valence-electron chi connectivity index (χ2n) is 15.6. The van der Waals surface area contributed by atoms with E-state index in [9.17, 15) is 28.8 Å². The molecule has 1 heterocycles. The number of fused-ring (bicyclic) bond motifs is 1. The minimum Gasteiger partial charge on any atom is -0.459 e. The molecule has 4 aliphatic rings. The molecule has 1 saturated heterocycles. The Labute approximate surface area is 278 Å². The van der Waals surface area contributed by atoms with Crippen molar-refractivity contribution in [1.82, 2.24) is 20.9 Å². The van der Waals surface area contributed by atoms with Crippen LogP contribution in [0.25, 0.3) is 0 Å². The molecule has 3 N–H and O–H groups in total. The molecule has 3 saturated carbocycles. The largest absolute Gasteiger partial charge is 0.459 e. The standard InChI is InChI=1S/C35H54N4O8/c1-8-9-15-23(28(41)30(43)36-19-16-24(40)46-35(7)17-18-35)37-29(42)27-25-22(34(25,5)6)20-39(27)31(44)26(21-13-11-10-12-14-21)38-32(45)47-33(2,3)4/h8,21-23,25-27H,1,9-20H2,2-7H3,(H,36,43)(H,37,42)(H,38,45)/t22-,23?,25-,26-,27-/m0/s1. The molecule has 262 valence electrons. The average Bonchev–Trinajstić information content (AvgIpc) is 3.76. The summed E-state index contributed by atoms with van der Waals surface area (Å²) in [5.74, 6) is -3.17. The van der Waals surface area contributed by atoms with Crippen molar-refractivity contribution >= 4 is 35.6 Å². The lowest BCUT2D eigenvalue weighted by molar-refractivity contribution is -0.150. The van der Waals surface area contributed by atoms with E-state index in [1.165, 1.54) is 0 Å². The van der Waals surface area contributed by atoms with Crippen molar-refractivity contribution in [2.75, 3.05) is 13.1 Å². The summed E-state index contributed by atoms with van der Waals surface area (Å²) in [5, 5.41) is 8.11. The summed E-state index contributed by atoms with van der Waals surface area (Å²) in [4.78, 5) is 81.0. The lowest BCUT2D eigenvalue weighted by Crippen LogP contribution is -2.59. The molecule has 5 atom stereocenters. The van der Waals surface area contributed by atoms with E-state index < -0.39 is 59.0 Å². The zero-order chi connectivity index (χ0) is 34.7. The van der Waals surface area contributed by atoms with E-state index in [2.05, 4.69) is 36.4 Å². The van der Waals surface area contributed by atoms with Gasteiger partial charge in [0.1, 0.15) is 23.3 Å². The van der Waals surface area contributed by atoms with Gasteiger partial charge in [0, 0.05) is 13.1 Å². The Morgan fingerprint density at radius 2 is 1.66 bits per heavy atom. The molecule has 12 nitrogen and oxygen atoms in total. The first-order valence-corrected chi connectivity index (χ1v) is 17.2. The molecule has 12 heteroatoms. The number of allylic oxidation sites excluding steroid dienone is 1. The summed E-state index contributed by atoms with van der Waals surface area (Å²) in [6.07, 6.45) is 7.47. The molecule has 0 aromatic carbocycles. The number of piperidine rings is 1. The predicted molar refractivity (Wildman–Crippen MR) is 174 cm³/mol. The number of ketones is 1. The number of alkyl carbamates (subject to hydrolysis) is 1. The number of hydrogen-bond acceptors (Lipinski definition) is 8. The minimum absolute atomic E-state index is 0.0718. The van der Waals surface area contributed by atoms with Crippen molar-refractivity contribution in [1.29, 1.82) is 0 Å². The number of esters is 1. The highest BCUT2D eigenvalue weighted by molar-refractivity contribution is 6.38. The first-order valence-electron chi connectivity index (χ1n) is 17.2. The summed E-state index contributed by atoms with van der Waals surface area (Å²) < 4.78 is 10.9. The molecule has 0 aromatic rings. The monoisotopic (exact) mass is 658 g/mol. The third kappa shape index (κ3) is 9.13. The van der Waals surface area contributed by atoms with Crippen LogP contribution in [0.1, 0.15) is 106 Å². The summed E-state index contributed by atoms with van der Waals surface area (Å²) in [6, 6.07) is -2.86.